The van der Waals surface area contributed by atoms with Gasteiger partial charge in [-0.3, -0.25) is 14.4 Å². The summed E-state index contributed by atoms with van der Waals surface area (Å²) in [6.07, 6.45) is 5.15. The van der Waals surface area contributed by atoms with E-state index in [-0.39, 0.29) is 5.91 Å². The van der Waals surface area contributed by atoms with Gasteiger partial charge in [0.1, 0.15) is 6.04 Å². The topological polar surface area (TPSA) is 66.5 Å². The van der Waals surface area contributed by atoms with Gasteiger partial charge in [0.2, 0.25) is 11.7 Å². The van der Waals surface area contributed by atoms with Gasteiger partial charge in [0.15, 0.2) is 0 Å². The van der Waals surface area contributed by atoms with Crippen LogP contribution in [0.3, 0.4) is 0 Å². The summed E-state index contributed by atoms with van der Waals surface area (Å²) in [7, 11) is 0. The van der Waals surface area contributed by atoms with Crippen molar-refractivity contribution in [2.24, 2.45) is 0 Å². The number of ketones is 1. The standard InChI is InChI=1S/C24H28N2O3/c27-22(20-14-5-2-6-15-20)24(29)26-18-10-8-16-21(26)23(28)25-17-9-7-13-19-11-3-1-4-12-19/h1-6,11-12,14-15,21H,7-10,13,16-18H2,(H,25,28). The highest BCUT2D eigenvalue weighted by atomic mass is 16.2. The summed E-state index contributed by atoms with van der Waals surface area (Å²) in [4.78, 5) is 39.4. The molecule has 1 heterocycles. The molecule has 1 N–H and O–H groups in total. The number of unbranched alkanes of at least 4 members (excludes halogenated alkanes) is 1. The number of nitrogens with zero attached hydrogens (tertiary/aromatic N) is 1. The third-order valence-corrected chi connectivity index (χ3v) is 5.33. The van der Waals surface area contributed by atoms with Gasteiger partial charge in [0, 0.05) is 18.7 Å². The predicted molar refractivity (Wildman–Crippen MR) is 113 cm³/mol. The highest BCUT2D eigenvalue weighted by Gasteiger charge is 2.35. The van der Waals surface area contributed by atoms with Gasteiger partial charge in [0.25, 0.3) is 5.91 Å². The molecule has 1 aliphatic heterocycles. The van der Waals surface area contributed by atoms with E-state index in [1.165, 1.54) is 10.5 Å². The van der Waals surface area contributed by atoms with Gasteiger partial charge in [-0.1, -0.05) is 60.7 Å². The fourth-order valence-corrected chi connectivity index (χ4v) is 3.72. The molecule has 2 amide bonds. The van der Waals surface area contributed by atoms with Crippen molar-refractivity contribution in [3.63, 3.8) is 0 Å². The molecule has 2 aromatic carbocycles. The van der Waals surface area contributed by atoms with E-state index >= 15 is 0 Å². The van der Waals surface area contributed by atoms with Crippen LogP contribution in [-0.4, -0.2) is 41.6 Å². The highest BCUT2D eigenvalue weighted by Crippen LogP contribution is 2.19. The molecular weight excluding hydrogens is 364 g/mol. The largest absolute Gasteiger partial charge is 0.354 e. The Balaban J connectivity index is 1.50. The van der Waals surface area contributed by atoms with Gasteiger partial charge in [-0.15, -0.1) is 0 Å². The quantitative estimate of drug-likeness (QED) is 0.425. The molecule has 3 rings (SSSR count). The molecule has 1 unspecified atom stereocenters. The first-order valence-electron chi connectivity index (χ1n) is 10.4. The maximum Gasteiger partial charge on any atom is 0.295 e. The zero-order valence-electron chi connectivity index (χ0n) is 16.7. The van der Waals surface area contributed by atoms with Crippen LogP contribution in [0.2, 0.25) is 0 Å². The SMILES string of the molecule is O=C(C(=O)N1CCCCC1C(=O)NCCCCc1ccccc1)c1ccccc1. The lowest BCUT2D eigenvalue weighted by Gasteiger charge is -2.34. The maximum absolute atomic E-state index is 12.7. The molecular formula is C24H28N2O3. The minimum absolute atomic E-state index is 0.154. The Morgan fingerprint density at radius 2 is 1.59 bits per heavy atom. The van der Waals surface area contributed by atoms with E-state index in [0.717, 1.165) is 32.1 Å². The number of benzene rings is 2. The van der Waals surface area contributed by atoms with E-state index in [4.69, 9.17) is 0 Å². The van der Waals surface area contributed by atoms with Gasteiger partial charge in [-0.25, -0.2) is 0 Å². The minimum Gasteiger partial charge on any atom is -0.354 e. The number of hydrogen-bond acceptors (Lipinski definition) is 3. The molecule has 5 nitrogen and oxygen atoms in total. The number of carbonyl (C=O) groups is 3. The second-order valence-corrected chi connectivity index (χ2v) is 7.44. The summed E-state index contributed by atoms with van der Waals surface area (Å²) in [5, 5.41) is 2.96. The van der Waals surface area contributed by atoms with Gasteiger partial charge in [-0.2, -0.15) is 0 Å². The van der Waals surface area contributed by atoms with Crippen LogP contribution in [0.5, 0.6) is 0 Å². The van der Waals surface area contributed by atoms with Crippen molar-refractivity contribution in [3.05, 3.63) is 71.8 Å². The summed E-state index contributed by atoms with van der Waals surface area (Å²) >= 11 is 0. The first-order valence-corrected chi connectivity index (χ1v) is 10.4. The van der Waals surface area contributed by atoms with Crippen molar-refractivity contribution in [1.82, 2.24) is 10.2 Å². The second-order valence-electron chi connectivity index (χ2n) is 7.44. The van der Waals surface area contributed by atoms with Crippen molar-refractivity contribution in [1.29, 1.82) is 0 Å². The number of Topliss-reactive ketones (excluding diaryl/α,β-unsaturated/α-hetero) is 1. The van der Waals surface area contributed by atoms with Gasteiger partial charge >= 0.3 is 0 Å². The molecule has 0 saturated carbocycles. The third kappa shape index (κ3) is 5.76. The average molecular weight is 392 g/mol. The van der Waals surface area contributed by atoms with Gasteiger partial charge < -0.3 is 10.2 Å². The highest BCUT2D eigenvalue weighted by molar-refractivity contribution is 6.43. The first-order chi connectivity index (χ1) is 14.2. The summed E-state index contributed by atoms with van der Waals surface area (Å²) in [6.45, 7) is 1.03. The number of hydrogen-bond donors (Lipinski definition) is 1. The fourth-order valence-electron chi connectivity index (χ4n) is 3.72. The molecule has 2 aromatic rings. The third-order valence-electron chi connectivity index (χ3n) is 5.33. The van der Waals surface area contributed by atoms with Gasteiger partial charge in [0.05, 0.1) is 0 Å². The van der Waals surface area contributed by atoms with Crippen LogP contribution in [0.4, 0.5) is 0 Å². The minimum atomic E-state index is -0.583. The van der Waals surface area contributed by atoms with E-state index in [2.05, 4.69) is 17.4 Å². The Morgan fingerprint density at radius 3 is 2.31 bits per heavy atom. The van der Waals surface area contributed by atoms with Crippen molar-refractivity contribution in [3.8, 4) is 0 Å². The van der Waals surface area contributed by atoms with Crippen LogP contribution in [-0.2, 0) is 16.0 Å². The Morgan fingerprint density at radius 1 is 0.897 bits per heavy atom. The van der Waals surface area contributed by atoms with Crippen molar-refractivity contribution >= 4 is 17.6 Å². The number of aryl methyl sites for hydroxylation is 1. The Labute approximate surface area is 172 Å². The fraction of sp³-hybridized carbons (Fsp3) is 0.375. The van der Waals surface area contributed by atoms with E-state index in [1.54, 1.807) is 30.3 Å². The molecule has 0 spiro atoms. The summed E-state index contributed by atoms with van der Waals surface area (Å²) < 4.78 is 0. The zero-order chi connectivity index (χ0) is 20.5. The number of likely N-dealkylation sites (tertiary alicyclic amines) is 1. The summed E-state index contributed by atoms with van der Waals surface area (Å²) in [6, 6.07) is 18.2. The number of amides is 2. The second kappa shape index (κ2) is 10.6. The molecule has 29 heavy (non-hydrogen) atoms. The Bertz CT molecular complexity index is 821. The lowest BCUT2D eigenvalue weighted by molar-refractivity contribution is -0.138. The normalized spacial score (nSPS) is 16.3. The smallest absolute Gasteiger partial charge is 0.295 e. The van der Waals surface area contributed by atoms with Crippen LogP contribution in [0, 0.1) is 0 Å². The number of nitrogens with one attached hydrogen (secondary N) is 1. The first kappa shape index (κ1) is 20.8. The van der Waals surface area contributed by atoms with Crippen LogP contribution < -0.4 is 5.32 Å². The molecule has 0 aromatic heterocycles. The molecule has 1 atom stereocenters. The van der Waals surface area contributed by atoms with Crippen LogP contribution in [0.1, 0.15) is 48.0 Å². The lowest BCUT2D eigenvalue weighted by atomic mass is 9.99. The molecule has 0 bridgehead atoms. The Hall–Kier alpha value is -2.95. The van der Waals surface area contributed by atoms with Crippen LogP contribution in [0.15, 0.2) is 60.7 Å². The molecule has 1 aliphatic rings. The molecule has 5 heteroatoms. The summed E-state index contributed by atoms with van der Waals surface area (Å²) in [5.74, 6) is -1.29. The van der Waals surface area contributed by atoms with E-state index in [9.17, 15) is 14.4 Å². The number of rotatable bonds is 8. The summed E-state index contributed by atoms with van der Waals surface area (Å²) in [5.41, 5.74) is 1.66. The predicted octanol–water partition coefficient (Wildman–Crippen LogP) is 3.39. The molecule has 0 aliphatic carbocycles. The van der Waals surface area contributed by atoms with Crippen molar-refractivity contribution in [2.45, 2.75) is 44.6 Å². The van der Waals surface area contributed by atoms with E-state index in [0.29, 0.717) is 25.1 Å². The van der Waals surface area contributed by atoms with Crippen LogP contribution in [0.25, 0.3) is 0 Å². The number of piperidine rings is 1. The average Bonchev–Trinajstić information content (AvgIpc) is 2.79. The monoisotopic (exact) mass is 392 g/mol. The van der Waals surface area contributed by atoms with Crippen molar-refractivity contribution < 1.29 is 14.4 Å². The molecule has 152 valence electrons. The molecule has 1 fully saturated rings. The number of carbonyl (C=O) groups excluding carboxylic acids is 3. The molecule has 0 radical (unpaired) electrons. The zero-order valence-corrected chi connectivity index (χ0v) is 16.7. The lowest BCUT2D eigenvalue weighted by Crippen LogP contribution is -2.53. The van der Waals surface area contributed by atoms with E-state index < -0.39 is 17.7 Å². The molecule has 1 saturated heterocycles. The Kier molecular flexibility index (Phi) is 7.56. The van der Waals surface area contributed by atoms with Gasteiger partial charge in [-0.05, 0) is 44.1 Å². The van der Waals surface area contributed by atoms with Crippen LogP contribution >= 0.6 is 0 Å². The maximum atomic E-state index is 12.7. The van der Waals surface area contributed by atoms with E-state index in [1.807, 2.05) is 18.2 Å². The van der Waals surface area contributed by atoms with Crippen molar-refractivity contribution in [2.75, 3.05) is 13.1 Å².